The van der Waals surface area contributed by atoms with Gasteiger partial charge in [-0.3, -0.25) is 9.69 Å². The average Bonchev–Trinajstić information content (AvgIpc) is 2.98. The highest BCUT2D eigenvalue weighted by Crippen LogP contribution is 2.13. The molecule has 0 spiro atoms. The van der Waals surface area contributed by atoms with Gasteiger partial charge >= 0.3 is 0 Å². The van der Waals surface area contributed by atoms with Gasteiger partial charge in [0.15, 0.2) is 0 Å². The predicted molar refractivity (Wildman–Crippen MR) is 117 cm³/mol. The molecule has 29 heavy (non-hydrogen) atoms. The van der Waals surface area contributed by atoms with Crippen molar-refractivity contribution in [3.05, 3.63) is 89.0 Å². The van der Waals surface area contributed by atoms with E-state index in [0.29, 0.717) is 5.56 Å². The Balaban J connectivity index is 1.53. The van der Waals surface area contributed by atoms with Crippen LogP contribution in [0.1, 0.15) is 28.7 Å². The molecule has 0 saturated carbocycles. The van der Waals surface area contributed by atoms with E-state index in [1.54, 1.807) is 18.2 Å². The Bertz CT molecular complexity index is 939. The number of benzene rings is 2. The molecule has 0 N–H and O–H groups in total. The van der Waals surface area contributed by atoms with Gasteiger partial charge in [0.05, 0.1) is 11.6 Å². The van der Waals surface area contributed by atoms with Crippen LogP contribution in [0.15, 0.2) is 66.8 Å². The van der Waals surface area contributed by atoms with Gasteiger partial charge in [-0.25, -0.2) is 0 Å². The van der Waals surface area contributed by atoms with Gasteiger partial charge in [-0.15, -0.1) is 0 Å². The lowest BCUT2D eigenvalue weighted by Crippen LogP contribution is -2.34. The van der Waals surface area contributed by atoms with Gasteiger partial charge in [0, 0.05) is 38.8 Å². The van der Waals surface area contributed by atoms with Crippen LogP contribution >= 0.6 is 0 Å². The van der Waals surface area contributed by atoms with Gasteiger partial charge < -0.3 is 4.90 Å². The van der Waals surface area contributed by atoms with E-state index >= 15 is 0 Å². The summed E-state index contributed by atoms with van der Waals surface area (Å²) in [7, 11) is 0. The lowest BCUT2D eigenvalue weighted by atomic mass is 10.1. The zero-order chi connectivity index (χ0) is 20.5. The summed E-state index contributed by atoms with van der Waals surface area (Å²) in [6.07, 6.45) is 8.02. The summed E-state index contributed by atoms with van der Waals surface area (Å²) >= 11 is 0. The first kappa shape index (κ1) is 20.6. The molecule has 2 aromatic carbocycles. The molecule has 1 aliphatic rings. The SMILES string of the molecule is Cc1ccccc1CN1CCCN(C(=O)/C=C/C=C/c2ccccc2C#N)CC1. The Labute approximate surface area is 173 Å². The number of aryl methyl sites for hydroxylation is 1. The van der Waals surface area contributed by atoms with Crippen molar-refractivity contribution < 1.29 is 4.79 Å². The number of hydrogen-bond acceptors (Lipinski definition) is 3. The predicted octanol–water partition coefficient (Wildman–Crippen LogP) is 4.17. The van der Waals surface area contributed by atoms with E-state index in [1.807, 2.05) is 35.3 Å². The smallest absolute Gasteiger partial charge is 0.246 e. The van der Waals surface area contributed by atoms with Crippen LogP contribution in [0.5, 0.6) is 0 Å². The average molecular weight is 386 g/mol. The quantitative estimate of drug-likeness (QED) is 0.573. The van der Waals surface area contributed by atoms with Crippen molar-refractivity contribution in [1.29, 1.82) is 5.26 Å². The molecule has 1 heterocycles. The largest absolute Gasteiger partial charge is 0.338 e. The molecule has 1 aliphatic heterocycles. The molecule has 4 nitrogen and oxygen atoms in total. The van der Waals surface area contributed by atoms with Crippen LogP contribution in [-0.2, 0) is 11.3 Å². The summed E-state index contributed by atoms with van der Waals surface area (Å²) in [6.45, 7) is 6.51. The molecule has 0 radical (unpaired) electrons. The summed E-state index contributed by atoms with van der Waals surface area (Å²) < 4.78 is 0. The van der Waals surface area contributed by atoms with Crippen molar-refractivity contribution in [2.24, 2.45) is 0 Å². The zero-order valence-electron chi connectivity index (χ0n) is 16.9. The molecule has 2 aromatic rings. The number of carbonyl (C=O) groups is 1. The lowest BCUT2D eigenvalue weighted by Gasteiger charge is -2.22. The van der Waals surface area contributed by atoms with Crippen molar-refractivity contribution in [3.63, 3.8) is 0 Å². The summed E-state index contributed by atoms with van der Waals surface area (Å²) in [5.41, 5.74) is 4.16. The fraction of sp³-hybridized carbons (Fsp3) is 0.280. The number of allylic oxidation sites excluding steroid dienone is 2. The fourth-order valence-corrected chi connectivity index (χ4v) is 3.52. The molecule has 1 fully saturated rings. The third-order valence-corrected chi connectivity index (χ3v) is 5.26. The first-order chi connectivity index (χ1) is 14.2. The van der Waals surface area contributed by atoms with Crippen LogP contribution in [-0.4, -0.2) is 41.9 Å². The van der Waals surface area contributed by atoms with Gasteiger partial charge in [-0.1, -0.05) is 60.7 Å². The Morgan fingerprint density at radius 1 is 1.03 bits per heavy atom. The van der Waals surface area contributed by atoms with Crippen LogP contribution in [0.3, 0.4) is 0 Å². The highest BCUT2D eigenvalue weighted by molar-refractivity contribution is 5.88. The van der Waals surface area contributed by atoms with Crippen LogP contribution in [0.25, 0.3) is 6.08 Å². The highest BCUT2D eigenvalue weighted by Gasteiger charge is 2.17. The Morgan fingerprint density at radius 2 is 1.83 bits per heavy atom. The standard InChI is InChI=1S/C25H27N3O/c1-21-9-2-3-13-24(21)20-27-15-8-16-28(18-17-27)25(29)14-7-6-11-22-10-4-5-12-23(22)19-26/h2-7,9-14H,8,15-18,20H2,1H3/b11-6+,14-7+. The van der Waals surface area contributed by atoms with Crippen LogP contribution < -0.4 is 0 Å². The Hall–Kier alpha value is -3.16. The molecule has 0 aromatic heterocycles. The summed E-state index contributed by atoms with van der Waals surface area (Å²) in [6, 6.07) is 18.1. The molecule has 0 atom stereocenters. The van der Waals surface area contributed by atoms with E-state index in [-0.39, 0.29) is 5.91 Å². The van der Waals surface area contributed by atoms with Gasteiger partial charge in [0.25, 0.3) is 0 Å². The first-order valence-electron chi connectivity index (χ1n) is 10.1. The van der Waals surface area contributed by atoms with Gasteiger partial charge in [0.1, 0.15) is 0 Å². The number of rotatable bonds is 5. The van der Waals surface area contributed by atoms with Crippen LogP contribution in [0.4, 0.5) is 0 Å². The number of nitriles is 1. The third kappa shape index (κ3) is 5.91. The maximum atomic E-state index is 12.5. The van der Waals surface area contributed by atoms with Crippen LogP contribution in [0, 0.1) is 18.3 Å². The minimum Gasteiger partial charge on any atom is -0.338 e. The second-order valence-electron chi connectivity index (χ2n) is 7.30. The van der Waals surface area contributed by atoms with Crippen molar-refractivity contribution in [3.8, 4) is 6.07 Å². The van der Waals surface area contributed by atoms with E-state index in [2.05, 4.69) is 42.2 Å². The Morgan fingerprint density at radius 3 is 2.66 bits per heavy atom. The fourth-order valence-electron chi connectivity index (χ4n) is 3.52. The molecule has 0 aliphatic carbocycles. The van der Waals surface area contributed by atoms with Crippen molar-refractivity contribution in [2.75, 3.05) is 26.2 Å². The van der Waals surface area contributed by atoms with E-state index in [1.165, 1.54) is 11.1 Å². The van der Waals surface area contributed by atoms with Crippen LogP contribution in [0.2, 0.25) is 0 Å². The minimum absolute atomic E-state index is 0.0426. The first-order valence-corrected chi connectivity index (χ1v) is 10.1. The van der Waals surface area contributed by atoms with Gasteiger partial charge in [0.2, 0.25) is 5.91 Å². The molecular weight excluding hydrogens is 358 g/mol. The molecule has 0 bridgehead atoms. The van der Waals surface area contributed by atoms with E-state index < -0.39 is 0 Å². The zero-order valence-corrected chi connectivity index (χ0v) is 16.9. The maximum absolute atomic E-state index is 12.5. The molecule has 1 amide bonds. The topological polar surface area (TPSA) is 47.3 Å². The normalized spacial score (nSPS) is 15.5. The van der Waals surface area contributed by atoms with E-state index in [0.717, 1.165) is 44.7 Å². The van der Waals surface area contributed by atoms with Gasteiger partial charge in [-0.05, 0) is 36.1 Å². The van der Waals surface area contributed by atoms with Crippen molar-refractivity contribution in [2.45, 2.75) is 19.9 Å². The molecule has 1 saturated heterocycles. The second-order valence-corrected chi connectivity index (χ2v) is 7.30. The summed E-state index contributed by atoms with van der Waals surface area (Å²) in [5.74, 6) is 0.0426. The van der Waals surface area contributed by atoms with Gasteiger partial charge in [-0.2, -0.15) is 5.26 Å². The molecule has 0 unspecified atom stereocenters. The summed E-state index contributed by atoms with van der Waals surface area (Å²) in [4.78, 5) is 16.9. The molecular formula is C25H27N3O. The highest BCUT2D eigenvalue weighted by atomic mass is 16.2. The molecule has 148 valence electrons. The number of amides is 1. The van der Waals surface area contributed by atoms with E-state index in [9.17, 15) is 4.79 Å². The second kappa shape index (κ2) is 10.4. The van der Waals surface area contributed by atoms with Crippen molar-refractivity contribution >= 4 is 12.0 Å². The number of carbonyl (C=O) groups excluding carboxylic acids is 1. The third-order valence-electron chi connectivity index (χ3n) is 5.26. The van der Waals surface area contributed by atoms with E-state index in [4.69, 9.17) is 5.26 Å². The maximum Gasteiger partial charge on any atom is 0.246 e. The number of nitrogens with zero attached hydrogens (tertiary/aromatic N) is 3. The molecule has 4 heteroatoms. The molecule has 3 rings (SSSR count). The number of hydrogen-bond donors (Lipinski definition) is 0. The monoisotopic (exact) mass is 385 g/mol. The Kier molecular flexibility index (Phi) is 7.38. The minimum atomic E-state index is 0.0426. The summed E-state index contributed by atoms with van der Waals surface area (Å²) in [5, 5.41) is 9.12. The van der Waals surface area contributed by atoms with Crippen molar-refractivity contribution in [1.82, 2.24) is 9.80 Å². The lowest BCUT2D eigenvalue weighted by molar-refractivity contribution is -0.125.